The maximum absolute atomic E-state index is 13.8. The molecule has 0 aromatic heterocycles. The lowest BCUT2D eigenvalue weighted by molar-refractivity contribution is -0.122. The molecule has 1 N–H and O–H groups in total. The van der Waals surface area contributed by atoms with E-state index in [2.05, 4.69) is 5.32 Å². The average molecular weight is 304 g/mol. The second-order valence-corrected chi connectivity index (χ2v) is 5.32. The molecule has 2 rings (SSSR count). The van der Waals surface area contributed by atoms with Gasteiger partial charge in [0, 0.05) is 18.7 Å². The second kappa shape index (κ2) is 6.01. The van der Waals surface area contributed by atoms with Crippen molar-refractivity contribution in [2.45, 2.75) is 38.8 Å². The van der Waals surface area contributed by atoms with Crippen LogP contribution in [0.3, 0.4) is 0 Å². The average Bonchev–Trinajstić information content (AvgIpc) is 2.40. The van der Waals surface area contributed by atoms with Crippen molar-refractivity contribution in [3.05, 3.63) is 29.3 Å². The van der Waals surface area contributed by atoms with Crippen molar-refractivity contribution in [3.8, 4) is 0 Å². The van der Waals surface area contributed by atoms with Gasteiger partial charge in [-0.05, 0) is 12.8 Å². The molecule has 1 amide bonds. The van der Waals surface area contributed by atoms with E-state index in [1.807, 2.05) is 13.8 Å². The highest BCUT2D eigenvalue weighted by Crippen LogP contribution is 2.30. The number of hydrogen-bond donors (Lipinski definition) is 1. The fraction of sp³-hybridized carbons (Fsp3) is 0.500. The normalized spacial score (nSPS) is 19.5. The Bertz CT molecular complexity index is 536. The molecule has 1 unspecified atom stereocenters. The van der Waals surface area contributed by atoms with Gasteiger partial charge in [-0.2, -0.15) is 0 Å². The smallest absolute Gasteiger partial charge is 0.244 e. The zero-order chi connectivity index (χ0) is 15.7. The molecule has 0 radical (unpaired) electrons. The lowest BCUT2D eigenvalue weighted by atomic mass is 10.0. The minimum atomic E-state index is -1.55. The molecular formula is C14H16F4N2O. The van der Waals surface area contributed by atoms with Gasteiger partial charge in [0.2, 0.25) is 5.91 Å². The van der Waals surface area contributed by atoms with Gasteiger partial charge in [-0.1, -0.05) is 13.8 Å². The number of carbonyl (C=O) groups is 1. The van der Waals surface area contributed by atoms with Gasteiger partial charge in [0.25, 0.3) is 0 Å². The molecule has 1 atom stereocenters. The number of amides is 1. The molecule has 0 spiro atoms. The first kappa shape index (κ1) is 15.8. The fourth-order valence-electron chi connectivity index (χ4n) is 2.45. The van der Waals surface area contributed by atoms with Crippen LogP contribution in [0, 0.1) is 23.3 Å². The monoisotopic (exact) mass is 304 g/mol. The number of anilines is 1. The number of hydrogen-bond acceptors (Lipinski definition) is 2. The van der Waals surface area contributed by atoms with Gasteiger partial charge in [0.15, 0.2) is 23.3 Å². The first-order chi connectivity index (χ1) is 9.82. The standard InChI is InChI=1S/C14H16F4N2O/c1-7(2)19-10-4-3-5-20(14(10)21)13-11(17)8(15)6-9(16)12(13)18/h6-7,10,19H,3-5H2,1-2H3. The summed E-state index contributed by atoms with van der Waals surface area (Å²) in [6.07, 6.45) is 0.988. The third-order valence-electron chi connectivity index (χ3n) is 3.33. The van der Waals surface area contributed by atoms with Crippen LogP contribution in [0.5, 0.6) is 0 Å². The van der Waals surface area contributed by atoms with Gasteiger partial charge in [-0.15, -0.1) is 0 Å². The van der Waals surface area contributed by atoms with Crippen LogP contribution in [0.15, 0.2) is 6.07 Å². The quantitative estimate of drug-likeness (QED) is 0.688. The molecule has 1 aliphatic rings. The molecule has 0 bridgehead atoms. The minimum Gasteiger partial charge on any atom is -0.306 e. The van der Waals surface area contributed by atoms with Crippen LogP contribution in [0.1, 0.15) is 26.7 Å². The number of carbonyl (C=O) groups excluding carboxylic acids is 1. The van der Waals surface area contributed by atoms with Crippen molar-refractivity contribution in [1.82, 2.24) is 5.32 Å². The first-order valence-corrected chi connectivity index (χ1v) is 6.73. The molecule has 1 aromatic carbocycles. The van der Waals surface area contributed by atoms with Crippen LogP contribution >= 0.6 is 0 Å². The van der Waals surface area contributed by atoms with Crippen molar-refractivity contribution < 1.29 is 22.4 Å². The predicted octanol–water partition coefficient (Wildman–Crippen LogP) is 2.74. The van der Waals surface area contributed by atoms with E-state index >= 15 is 0 Å². The Morgan fingerprint density at radius 1 is 1.19 bits per heavy atom. The highest BCUT2D eigenvalue weighted by atomic mass is 19.2. The molecule has 0 aliphatic carbocycles. The van der Waals surface area contributed by atoms with E-state index in [-0.39, 0.29) is 18.7 Å². The molecule has 1 saturated heterocycles. The Balaban J connectivity index is 2.40. The Kier molecular flexibility index (Phi) is 4.51. The summed E-state index contributed by atoms with van der Waals surface area (Å²) in [6.45, 7) is 3.68. The molecule has 3 nitrogen and oxygen atoms in total. The van der Waals surface area contributed by atoms with Gasteiger partial charge in [-0.25, -0.2) is 17.6 Å². The van der Waals surface area contributed by atoms with Gasteiger partial charge >= 0.3 is 0 Å². The van der Waals surface area contributed by atoms with Gasteiger partial charge < -0.3 is 10.2 Å². The molecule has 1 aliphatic heterocycles. The number of nitrogens with one attached hydrogen (secondary N) is 1. The summed E-state index contributed by atoms with van der Waals surface area (Å²) in [5.41, 5.74) is -0.951. The number of nitrogens with zero attached hydrogens (tertiary/aromatic N) is 1. The molecular weight excluding hydrogens is 288 g/mol. The van der Waals surface area contributed by atoms with Gasteiger partial charge in [-0.3, -0.25) is 4.79 Å². The number of piperidine rings is 1. The maximum atomic E-state index is 13.8. The Hall–Kier alpha value is -1.63. The zero-order valence-corrected chi connectivity index (χ0v) is 11.7. The van der Waals surface area contributed by atoms with E-state index in [9.17, 15) is 22.4 Å². The van der Waals surface area contributed by atoms with Gasteiger partial charge in [0.05, 0.1) is 6.04 Å². The topological polar surface area (TPSA) is 32.3 Å². The molecule has 1 fully saturated rings. The molecule has 0 saturated carbocycles. The van der Waals surface area contributed by atoms with Crippen LogP contribution in [0.2, 0.25) is 0 Å². The van der Waals surface area contributed by atoms with E-state index in [1.54, 1.807) is 0 Å². The van der Waals surface area contributed by atoms with Crippen molar-refractivity contribution in [3.63, 3.8) is 0 Å². The van der Waals surface area contributed by atoms with Crippen LogP contribution in [0.25, 0.3) is 0 Å². The summed E-state index contributed by atoms with van der Waals surface area (Å²) in [7, 11) is 0. The Labute approximate surface area is 119 Å². The first-order valence-electron chi connectivity index (χ1n) is 6.73. The number of benzene rings is 1. The van der Waals surface area contributed by atoms with E-state index in [1.165, 1.54) is 0 Å². The Morgan fingerprint density at radius 3 is 2.29 bits per heavy atom. The highest BCUT2D eigenvalue weighted by Gasteiger charge is 2.34. The summed E-state index contributed by atoms with van der Waals surface area (Å²) in [5.74, 6) is -6.72. The van der Waals surface area contributed by atoms with Crippen molar-refractivity contribution in [2.24, 2.45) is 0 Å². The lowest BCUT2D eigenvalue weighted by Gasteiger charge is -2.34. The highest BCUT2D eigenvalue weighted by molar-refractivity contribution is 5.98. The number of rotatable bonds is 3. The largest absolute Gasteiger partial charge is 0.306 e. The molecule has 7 heteroatoms. The zero-order valence-electron chi connectivity index (χ0n) is 11.7. The lowest BCUT2D eigenvalue weighted by Crippen LogP contribution is -2.53. The summed E-state index contributed by atoms with van der Waals surface area (Å²) in [5, 5.41) is 2.98. The summed E-state index contributed by atoms with van der Waals surface area (Å²) in [6, 6.07) is -0.492. The third-order valence-corrected chi connectivity index (χ3v) is 3.33. The van der Waals surface area contributed by atoms with Crippen molar-refractivity contribution in [1.29, 1.82) is 0 Å². The van der Waals surface area contributed by atoms with E-state index in [0.717, 1.165) is 4.90 Å². The summed E-state index contributed by atoms with van der Waals surface area (Å²) in [4.78, 5) is 13.1. The van der Waals surface area contributed by atoms with E-state index in [4.69, 9.17) is 0 Å². The van der Waals surface area contributed by atoms with E-state index < -0.39 is 40.9 Å². The minimum absolute atomic E-state index is 0.00200. The van der Waals surface area contributed by atoms with Crippen LogP contribution in [-0.2, 0) is 4.79 Å². The van der Waals surface area contributed by atoms with Crippen LogP contribution in [0.4, 0.5) is 23.2 Å². The Morgan fingerprint density at radius 2 is 1.76 bits per heavy atom. The number of halogens is 4. The van der Waals surface area contributed by atoms with Gasteiger partial charge in [0.1, 0.15) is 5.69 Å². The van der Waals surface area contributed by atoms with Crippen molar-refractivity contribution in [2.75, 3.05) is 11.4 Å². The SMILES string of the molecule is CC(C)NC1CCCN(c2c(F)c(F)cc(F)c2F)C1=O. The summed E-state index contributed by atoms with van der Waals surface area (Å²) < 4.78 is 54.1. The molecule has 21 heavy (non-hydrogen) atoms. The molecule has 116 valence electrons. The fourth-order valence-corrected chi connectivity index (χ4v) is 2.45. The second-order valence-electron chi connectivity index (χ2n) is 5.32. The molecule has 1 aromatic rings. The summed E-state index contributed by atoms with van der Waals surface area (Å²) >= 11 is 0. The van der Waals surface area contributed by atoms with Crippen LogP contribution < -0.4 is 10.2 Å². The van der Waals surface area contributed by atoms with Crippen LogP contribution in [-0.4, -0.2) is 24.5 Å². The van der Waals surface area contributed by atoms with E-state index in [0.29, 0.717) is 12.8 Å². The molecule has 1 heterocycles. The predicted molar refractivity (Wildman–Crippen MR) is 69.9 cm³/mol. The maximum Gasteiger partial charge on any atom is 0.244 e. The third kappa shape index (κ3) is 3.02. The van der Waals surface area contributed by atoms with Crippen molar-refractivity contribution >= 4 is 11.6 Å².